The molecule has 0 aliphatic heterocycles. The van der Waals surface area contributed by atoms with E-state index in [1.807, 2.05) is 0 Å². The summed E-state index contributed by atoms with van der Waals surface area (Å²) in [6, 6.07) is 0. The normalized spacial score (nSPS) is 9.29. The van der Waals surface area contributed by atoms with Crippen molar-refractivity contribution in [1.29, 1.82) is 5.53 Å². The smallest absolute Gasteiger partial charge is 0.157 e. The summed E-state index contributed by atoms with van der Waals surface area (Å²) in [4.78, 5) is 0. The molecule has 0 aromatic heterocycles. The Morgan fingerprint density at radius 2 is 2.57 bits per heavy atom. The lowest BCUT2D eigenvalue weighted by molar-refractivity contribution is 0.761. The maximum Gasteiger partial charge on any atom is 0.157 e. The van der Waals surface area contributed by atoms with Crippen LogP contribution in [0.15, 0.2) is 10.2 Å². The molecule has 0 aliphatic carbocycles. The standard InChI is InChI=1S/C2H7N5/c3-1-6-7-2-5-4/h2,4,6H,1,3H2. The molecule has 0 saturated carbocycles. The van der Waals surface area contributed by atoms with Crippen LogP contribution in [0.5, 0.6) is 0 Å². The van der Waals surface area contributed by atoms with Gasteiger partial charge in [0.25, 0.3) is 0 Å². The maximum absolute atomic E-state index is 6.18. The lowest BCUT2D eigenvalue weighted by atomic mass is 11.2. The minimum atomic E-state index is 0.270. The van der Waals surface area contributed by atoms with Crippen LogP contribution in [0, 0.1) is 5.53 Å². The highest BCUT2D eigenvalue weighted by Crippen LogP contribution is 1.52. The van der Waals surface area contributed by atoms with Gasteiger partial charge in [0.05, 0.1) is 6.67 Å². The second-order valence-corrected chi connectivity index (χ2v) is 0.736. The molecule has 7 heavy (non-hydrogen) atoms. The zero-order valence-corrected chi connectivity index (χ0v) is 3.76. The van der Waals surface area contributed by atoms with Gasteiger partial charge in [-0.1, -0.05) is 0 Å². The van der Waals surface area contributed by atoms with Crippen LogP contribution in [-0.2, 0) is 0 Å². The Morgan fingerprint density at radius 1 is 1.86 bits per heavy atom. The van der Waals surface area contributed by atoms with Gasteiger partial charge >= 0.3 is 0 Å². The quantitative estimate of drug-likeness (QED) is 0.147. The second-order valence-electron chi connectivity index (χ2n) is 0.736. The van der Waals surface area contributed by atoms with E-state index >= 15 is 0 Å². The summed E-state index contributed by atoms with van der Waals surface area (Å²) in [5, 5.41) is 6.17. The fraction of sp³-hybridized carbons (Fsp3) is 0.500. The Bertz CT molecular complexity index is 66.5. The van der Waals surface area contributed by atoms with Gasteiger partial charge in [-0.2, -0.15) is 5.10 Å². The van der Waals surface area contributed by atoms with Crippen molar-refractivity contribution in [1.82, 2.24) is 5.43 Å². The molecule has 0 unspecified atom stereocenters. The van der Waals surface area contributed by atoms with Gasteiger partial charge in [-0.25, -0.2) is 5.53 Å². The van der Waals surface area contributed by atoms with Crippen molar-refractivity contribution < 1.29 is 0 Å². The Labute approximate surface area is 41.1 Å². The zero-order valence-electron chi connectivity index (χ0n) is 3.76. The first kappa shape index (κ1) is 6.03. The summed E-state index contributed by atoms with van der Waals surface area (Å²) in [5.41, 5.74) is 13.5. The molecule has 5 heteroatoms. The van der Waals surface area contributed by atoms with Crippen molar-refractivity contribution in [3.8, 4) is 0 Å². The number of nitrogens with one attached hydrogen (secondary N) is 2. The molecular weight excluding hydrogens is 94.1 g/mol. The van der Waals surface area contributed by atoms with Crippen LogP contribution in [0.3, 0.4) is 0 Å². The van der Waals surface area contributed by atoms with E-state index in [1.165, 1.54) is 0 Å². The predicted molar refractivity (Wildman–Crippen MR) is 25.8 cm³/mol. The van der Waals surface area contributed by atoms with Crippen LogP contribution in [0.4, 0.5) is 0 Å². The Hall–Kier alpha value is -0.970. The van der Waals surface area contributed by atoms with Crippen LogP contribution in [0.1, 0.15) is 0 Å². The number of nitrogens with two attached hydrogens (primary N) is 1. The first-order valence-electron chi connectivity index (χ1n) is 1.73. The molecule has 4 N–H and O–H groups in total. The highest BCUT2D eigenvalue weighted by Gasteiger charge is 1.61. The second kappa shape index (κ2) is 5.03. The number of hydrogen-bond acceptors (Lipinski definition) is 4. The van der Waals surface area contributed by atoms with E-state index < -0.39 is 0 Å². The zero-order chi connectivity index (χ0) is 5.54. The average Bonchev–Trinajstić information content (AvgIpc) is 1.69. The molecule has 0 aromatic rings. The van der Waals surface area contributed by atoms with Gasteiger partial charge in [0.15, 0.2) is 6.34 Å². The van der Waals surface area contributed by atoms with Crippen LogP contribution in [0.2, 0.25) is 0 Å². The predicted octanol–water partition coefficient (Wildman–Crippen LogP) is -0.534. The molecular formula is C2H7N5. The highest BCUT2D eigenvalue weighted by molar-refractivity contribution is 5.53. The lowest BCUT2D eigenvalue weighted by Gasteiger charge is -1.85. The fourth-order valence-electron chi connectivity index (χ4n) is 0.122. The summed E-state index contributed by atoms with van der Waals surface area (Å²) in [6.07, 6.45) is 1.06. The molecule has 0 fully saturated rings. The van der Waals surface area contributed by atoms with Gasteiger partial charge in [-0.05, 0) is 0 Å². The fourth-order valence-corrected chi connectivity index (χ4v) is 0.122. The Morgan fingerprint density at radius 3 is 3.00 bits per heavy atom. The van der Waals surface area contributed by atoms with Crippen molar-refractivity contribution in [2.45, 2.75) is 0 Å². The van der Waals surface area contributed by atoms with E-state index in [4.69, 9.17) is 11.3 Å². The molecule has 0 saturated heterocycles. The van der Waals surface area contributed by atoms with Crippen LogP contribution >= 0.6 is 0 Å². The van der Waals surface area contributed by atoms with Crippen LogP contribution in [-0.4, -0.2) is 13.0 Å². The number of hydrazone groups is 1. The van der Waals surface area contributed by atoms with Crippen molar-refractivity contribution in [2.75, 3.05) is 6.67 Å². The van der Waals surface area contributed by atoms with Gasteiger partial charge in [0.1, 0.15) is 0 Å². The Kier molecular flexibility index (Phi) is 4.33. The Balaban J connectivity index is 2.92. The van der Waals surface area contributed by atoms with Gasteiger partial charge in [0.2, 0.25) is 0 Å². The third kappa shape index (κ3) is 5.03. The summed E-state index contributed by atoms with van der Waals surface area (Å²) >= 11 is 0. The molecule has 0 heterocycles. The van der Waals surface area contributed by atoms with Crippen LogP contribution < -0.4 is 11.2 Å². The molecule has 0 aliphatic rings. The molecule has 5 nitrogen and oxygen atoms in total. The number of rotatable bonds is 3. The molecule has 0 spiro atoms. The van der Waals surface area contributed by atoms with Crippen molar-refractivity contribution in [3.63, 3.8) is 0 Å². The number of hydrogen-bond donors (Lipinski definition) is 3. The summed E-state index contributed by atoms with van der Waals surface area (Å²) in [7, 11) is 0. The summed E-state index contributed by atoms with van der Waals surface area (Å²) < 4.78 is 0. The topological polar surface area (TPSA) is 86.6 Å². The molecule has 0 amide bonds. The first-order valence-corrected chi connectivity index (χ1v) is 1.73. The average molecular weight is 101 g/mol. The SMILES string of the molecule is N=NC=NNCN. The van der Waals surface area contributed by atoms with E-state index in [2.05, 4.69) is 15.6 Å². The lowest BCUT2D eigenvalue weighted by Crippen LogP contribution is -2.15. The van der Waals surface area contributed by atoms with Crippen molar-refractivity contribution in [3.05, 3.63) is 0 Å². The monoisotopic (exact) mass is 101 g/mol. The minimum absolute atomic E-state index is 0.270. The van der Waals surface area contributed by atoms with E-state index in [0.29, 0.717) is 0 Å². The molecule has 0 atom stereocenters. The molecule has 40 valence electrons. The van der Waals surface area contributed by atoms with E-state index in [1.54, 1.807) is 0 Å². The largest absolute Gasteiger partial charge is 0.313 e. The molecule has 0 bridgehead atoms. The molecule has 0 aromatic carbocycles. The maximum atomic E-state index is 6.18. The summed E-state index contributed by atoms with van der Waals surface area (Å²) in [5.74, 6) is 0. The van der Waals surface area contributed by atoms with Gasteiger partial charge in [-0.15, -0.1) is 5.11 Å². The van der Waals surface area contributed by atoms with Gasteiger partial charge in [0, 0.05) is 0 Å². The highest BCUT2D eigenvalue weighted by atomic mass is 15.3. The van der Waals surface area contributed by atoms with E-state index in [0.717, 1.165) is 6.34 Å². The van der Waals surface area contributed by atoms with Gasteiger partial charge < -0.3 is 5.73 Å². The van der Waals surface area contributed by atoms with Crippen molar-refractivity contribution >= 4 is 6.34 Å². The van der Waals surface area contributed by atoms with Gasteiger partial charge in [-0.3, -0.25) is 5.43 Å². The number of nitrogens with zero attached hydrogens (tertiary/aromatic N) is 2. The van der Waals surface area contributed by atoms with E-state index in [9.17, 15) is 0 Å². The molecule has 0 rings (SSSR count). The van der Waals surface area contributed by atoms with E-state index in [-0.39, 0.29) is 6.67 Å². The van der Waals surface area contributed by atoms with Crippen LogP contribution in [0.25, 0.3) is 0 Å². The first-order chi connectivity index (χ1) is 3.41. The molecule has 0 radical (unpaired) electrons. The third-order valence-electron chi connectivity index (χ3n) is 0.298. The van der Waals surface area contributed by atoms with Crippen molar-refractivity contribution in [2.24, 2.45) is 15.9 Å². The third-order valence-corrected chi connectivity index (χ3v) is 0.298. The summed E-state index contributed by atoms with van der Waals surface area (Å²) in [6.45, 7) is 0.270. The minimum Gasteiger partial charge on any atom is -0.313 e.